The van der Waals surface area contributed by atoms with Gasteiger partial charge in [0.05, 0.1) is 12.6 Å². The number of carbonyl (C=O) groups is 1. The largest absolute Gasteiger partial charge is 0.373 e. The lowest BCUT2D eigenvalue weighted by molar-refractivity contribution is -0.143. The van der Waals surface area contributed by atoms with E-state index in [4.69, 9.17) is 9.47 Å². The molecule has 1 amide bonds. The molecule has 2 aliphatic heterocycles. The van der Waals surface area contributed by atoms with Gasteiger partial charge in [-0.2, -0.15) is 0 Å². The molecule has 126 valence electrons. The van der Waals surface area contributed by atoms with Gasteiger partial charge in [-0.1, -0.05) is 26.8 Å². The Morgan fingerprint density at radius 2 is 2.30 bits per heavy atom. The molecule has 5 heteroatoms. The summed E-state index contributed by atoms with van der Waals surface area (Å²) in [5.41, 5.74) is 0.667. The highest BCUT2D eigenvalue weighted by molar-refractivity contribution is 5.82. The summed E-state index contributed by atoms with van der Waals surface area (Å²) in [6.07, 6.45) is 5.50. The number of rotatable bonds is 3. The fourth-order valence-electron chi connectivity index (χ4n) is 3.41. The normalized spacial score (nSPS) is 27.8. The monoisotopic (exact) mass is 318 g/mol. The second-order valence-electron chi connectivity index (χ2n) is 7.46. The Balaban J connectivity index is 1.70. The second-order valence-corrected chi connectivity index (χ2v) is 7.46. The van der Waals surface area contributed by atoms with Crippen molar-refractivity contribution in [3.05, 3.63) is 30.1 Å². The summed E-state index contributed by atoms with van der Waals surface area (Å²) in [4.78, 5) is 18.8. The van der Waals surface area contributed by atoms with Gasteiger partial charge in [0.2, 0.25) is 5.91 Å². The fourth-order valence-corrected chi connectivity index (χ4v) is 3.41. The Kier molecular flexibility index (Phi) is 4.69. The van der Waals surface area contributed by atoms with Crippen molar-refractivity contribution in [2.45, 2.75) is 58.5 Å². The van der Waals surface area contributed by atoms with E-state index in [0.717, 1.165) is 25.0 Å². The van der Waals surface area contributed by atoms with Crippen LogP contribution in [0.15, 0.2) is 24.5 Å². The topological polar surface area (TPSA) is 51.7 Å². The molecule has 0 N–H and O–H groups in total. The van der Waals surface area contributed by atoms with Crippen LogP contribution in [0.4, 0.5) is 0 Å². The van der Waals surface area contributed by atoms with Gasteiger partial charge in [0.1, 0.15) is 12.2 Å². The van der Waals surface area contributed by atoms with Gasteiger partial charge in [-0.15, -0.1) is 0 Å². The highest BCUT2D eigenvalue weighted by Gasteiger charge is 2.48. The number of hydrogen-bond donors (Lipinski definition) is 0. The molecule has 2 fully saturated rings. The molecule has 1 aromatic rings. The number of aromatic nitrogens is 1. The van der Waals surface area contributed by atoms with Gasteiger partial charge in [0.25, 0.3) is 0 Å². The van der Waals surface area contributed by atoms with Crippen LogP contribution in [0, 0.1) is 5.41 Å². The molecule has 2 aliphatic rings. The van der Waals surface area contributed by atoms with Gasteiger partial charge in [-0.05, 0) is 24.5 Å². The molecule has 3 rings (SSSR count). The van der Waals surface area contributed by atoms with Crippen LogP contribution in [-0.4, -0.2) is 47.2 Å². The van der Waals surface area contributed by atoms with E-state index in [2.05, 4.69) is 4.98 Å². The standard InChI is InChI=1S/C18H26N2O3/c1-18(2,3)17(21)20-11-15(16-14(20)7-5-9-22-16)23-12-13-6-4-8-19-10-13/h4,6,8,10,14-16H,5,7,9,11-12H2,1-3H3/t14-,15+,16-/m0/s1. The molecule has 3 atom stereocenters. The lowest BCUT2D eigenvalue weighted by atomic mass is 9.93. The Labute approximate surface area is 138 Å². The van der Waals surface area contributed by atoms with Crippen LogP contribution in [0.2, 0.25) is 0 Å². The summed E-state index contributed by atoms with van der Waals surface area (Å²) in [6.45, 7) is 7.79. The molecule has 0 saturated carbocycles. The predicted molar refractivity (Wildman–Crippen MR) is 86.7 cm³/mol. The summed E-state index contributed by atoms with van der Waals surface area (Å²) in [5, 5.41) is 0. The summed E-state index contributed by atoms with van der Waals surface area (Å²) in [5.74, 6) is 0.186. The van der Waals surface area contributed by atoms with Crippen LogP contribution in [0.5, 0.6) is 0 Å². The number of amides is 1. The first-order valence-corrected chi connectivity index (χ1v) is 8.40. The van der Waals surface area contributed by atoms with Gasteiger partial charge in [0, 0.05) is 31.0 Å². The zero-order valence-electron chi connectivity index (χ0n) is 14.2. The van der Waals surface area contributed by atoms with Crippen molar-refractivity contribution in [1.82, 2.24) is 9.88 Å². The molecule has 0 unspecified atom stereocenters. The Hall–Kier alpha value is -1.46. The fraction of sp³-hybridized carbons (Fsp3) is 0.667. The third kappa shape index (κ3) is 3.56. The molecule has 0 spiro atoms. The molecule has 1 aromatic heterocycles. The van der Waals surface area contributed by atoms with E-state index in [0.29, 0.717) is 13.2 Å². The Morgan fingerprint density at radius 1 is 1.48 bits per heavy atom. The van der Waals surface area contributed by atoms with Crippen molar-refractivity contribution < 1.29 is 14.3 Å². The smallest absolute Gasteiger partial charge is 0.228 e. The van der Waals surface area contributed by atoms with Gasteiger partial charge >= 0.3 is 0 Å². The molecule has 0 bridgehead atoms. The molecule has 0 aliphatic carbocycles. The third-order valence-corrected chi connectivity index (χ3v) is 4.57. The zero-order valence-corrected chi connectivity index (χ0v) is 14.2. The van der Waals surface area contributed by atoms with Crippen molar-refractivity contribution >= 4 is 5.91 Å². The maximum absolute atomic E-state index is 12.7. The molecule has 2 saturated heterocycles. The van der Waals surface area contributed by atoms with E-state index in [1.54, 1.807) is 6.20 Å². The van der Waals surface area contributed by atoms with Crippen LogP contribution >= 0.6 is 0 Å². The first-order valence-electron chi connectivity index (χ1n) is 8.40. The maximum Gasteiger partial charge on any atom is 0.228 e. The Morgan fingerprint density at radius 3 is 3.00 bits per heavy atom. The number of carbonyl (C=O) groups excluding carboxylic acids is 1. The predicted octanol–water partition coefficient (Wildman–Crippen LogP) is 2.40. The number of fused-ring (bicyclic) bond motifs is 1. The van der Waals surface area contributed by atoms with Gasteiger partial charge in [-0.25, -0.2) is 0 Å². The van der Waals surface area contributed by atoms with Crippen molar-refractivity contribution in [2.24, 2.45) is 5.41 Å². The van der Waals surface area contributed by atoms with Crippen LogP contribution in [0.3, 0.4) is 0 Å². The molecule has 3 heterocycles. The number of ether oxygens (including phenoxy) is 2. The van der Waals surface area contributed by atoms with Gasteiger partial charge < -0.3 is 14.4 Å². The molecular formula is C18H26N2O3. The summed E-state index contributed by atoms with van der Waals surface area (Å²) >= 11 is 0. The lowest BCUT2D eigenvalue weighted by Gasteiger charge is -2.35. The van der Waals surface area contributed by atoms with E-state index in [-0.39, 0.29) is 29.6 Å². The third-order valence-electron chi connectivity index (χ3n) is 4.57. The minimum absolute atomic E-state index is 0.00767. The molecule has 5 nitrogen and oxygen atoms in total. The molecule has 0 radical (unpaired) electrons. The first kappa shape index (κ1) is 16.4. The molecule has 0 aromatic carbocycles. The van der Waals surface area contributed by atoms with Gasteiger partial charge in [0.15, 0.2) is 0 Å². The molecular weight excluding hydrogens is 292 g/mol. The van der Waals surface area contributed by atoms with Crippen molar-refractivity contribution in [2.75, 3.05) is 13.2 Å². The van der Waals surface area contributed by atoms with Crippen LogP contribution in [-0.2, 0) is 20.9 Å². The second kappa shape index (κ2) is 6.57. The minimum Gasteiger partial charge on any atom is -0.373 e. The number of nitrogens with zero attached hydrogens (tertiary/aromatic N) is 2. The highest BCUT2D eigenvalue weighted by atomic mass is 16.5. The van der Waals surface area contributed by atoms with E-state index < -0.39 is 0 Å². The average Bonchev–Trinajstić information content (AvgIpc) is 2.91. The van der Waals surface area contributed by atoms with Crippen molar-refractivity contribution in [3.8, 4) is 0 Å². The van der Waals surface area contributed by atoms with Crippen LogP contribution in [0.25, 0.3) is 0 Å². The Bertz CT molecular complexity index is 541. The lowest BCUT2D eigenvalue weighted by Crippen LogP contribution is -2.47. The summed E-state index contributed by atoms with van der Waals surface area (Å²) < 4.78 is 12.1. The quantitative estimate of drug-likeness (QED) is 0.859. The SMILES string of the molecule is CC(C)(C)C(=O)N1C[C@@H](OCc2cccnc2)[C@H]2OCCC[C@@H]21. The number of likely N-dealkylation sites (tertiary alicyclic amines) is 1. The first-order chi connectivity index (χ1) is 11.0. The summed E-state index contributed by atoms with van der Waals surface area (Å²) in [7, 11) is 0. The van der Waals surface area contributed by atoms with Crippen molar-refractivity contribution in [3.63, 3.8) is 0 Å². The van der Waals surface area contributed by atoms with Crippen LogP contribution < -0.4 is 0 Å². The van der Waals surface area contributed by atoms with Gasteiger partial charge in [-0.3, -0.25) is 9.78 Å². The number of hydrogen-bond acceptors (Lipinski definition) is 4. The van der Waals surface area contributed by atoms with E-state index >= 15 is 0 Å². The molecule has 23 heavy (non-hydrogen) atoms. The van der Waals surface area contributed by atoms with Crippen LogP contribution in [0.1, 0.15) is 39.2 Å². The average molecular weight is 318 g/mol. The van der Waals surface area contributed by atoms with E-state index in [1.165, 1.54) is 0 Å². The number of pyridine rings is 1. The highest BCUT2D eigenvalue weighted by Crippen LogP contribution is 2.34. The minimum atomic E-state index is -0.375. The van der Waals surface area contributed by atoms with Crippen molar-refractivity contribution in [1.29, 1.82) is 0 Å². The summed E-state index contributed by atoms with van der Waals surface area (Å²) in [6, 6.07) is 4.05. The zero-order chi connectivity index (χ0) is 16.4. The van der Waals surface area contributed by atoms with E-state index in [9.17, 15) is 4.79 Å². The van der Waals surface area contributed by atoms with E-state index in [1.807, 2.05) is 44.0 Å². The maximum atomic E-state index is 12.7.